The number of hydrogen-bond donors (Lipinski definition) is 1. The number of benzene rings is 1. The first kappa shape index (κ1) is 17.2. The number of esters is 1. The Labute approximate surface area is 126 Å². The Morgan fingerprint density at radius 2 is 1.81 bits per heavy atom. The van der Waals surface area contributed by atoms with Gasteiger partial charge in [0.1, 0.15) is 0 Å². The second kappa shape index (κ2) is 9.16. The monoisotopic (exact) mass is 291 g/mol. The van der Waals surface area contributed by atoms with E-state index in [2.05, 4.69) is 29.1 Å². The highest BCUT2D eigenvalue weighted by Crippen LogP contribution is 2.08. The van der Waals surface area contributed by atoms with Crippen LogP contribution in [0.25, 0.3) is 0 Å². The van der Waals surface area contributed by atoms with E-state index in [4.69, 9.17) is 0 Å². The highest BCUT2D eigenvalue weighted by atomic mass is 16.5. The summed E-state index contributed by atoms with van der Waals surface area (Å²) in [5.41, 5.74) is 2.29. The molecule has 4 heteroatoms. The summed E-state index contributed by atoms with van der Waals surface area (Å²) < 4.78 is 4.58. The summed E-state index contributed by atoms with van der Waals surface area (Å²) in [6.07, 6.45) is 3.98. The minimum atomic E-state index is -0.317. The predicted octanol–water partition coefficient (Wildman–Crippen LogP) is 2.64. The van der Waals surface area contributed by atoms with E-state index in [1.54, 1.807) is 6.92 Å². The zero-order chi connectivity index (χ0) is 15.7. The molecule has 0 radical (unpaired) electrons. The van der Waals surface area contributed by atoms with Crippen molar-refractivity contribution in [3.63, 3.8) is 0 Å². The summed E-state index contributed by atoms with van der Waals surface area (Å²) in [6.45, 7) is 3.97. The number of nitrogens with one attached hydrogen (secondary N) is 1. The molecule has 1 N–H and O–H groups in total. The number of aryl methyl sites for hydroxylation is 1. The normalized spacial score (nSPS) is 11.8. The lowest BCUT2D eigenvalue weighted by atomic mass is 10.0. The van der Waals surface area contributed by atoms with E-state index in [1.807, 2.05) is 12.1 Å². The van der Waals surface area contributed by atoms with Crippen molar-refractivity contribution in [2.24, 2.45) is 0 Å². The van der Waals surface area contributed by atoms with Crippen LogP contribution in [-0.4, -0.2) is 25.0 Å². The van der Waals surface area contributed by atoms with Gasteiger partial charge in [-0.05, 0) is 30.9 Å². The number of amides is 1. The van der Waals surface area contributed by atoms with Crippen molar-refractivity contribution in [1.29, 1.82) is 0 Å². The van der Waals surface area contributed by atoms with E-state index in [0.29, 0.717) is 6.42 Å². The molecule has 4 nitrogen and oxygen atoms in total. The van der Waals surface area contributed by atoms with Crippen LogP contribution in [0.1, 0.15) is 44.2 Å². The van der Waals surface area contributed by atoms with Crippen LogP contribution in [0.15, 0.2) is 24.3 Å². The van der Waals surface area contributed by atoms with E-state index in [1.165, 1.54) is 25.5 Å². The summed E-state index contributed by atoms with van der Waals surface area (Å²) in [4.78, 5) is 23.0. The van der Waals surface area contributed by atoms with Crippen LogP contribution in [0.5, 0.6) is 0 Å². The van der Waals surface area contributed by atoms with Crippen LogP contribution in [0.2, 0.25) is 0 Å². The molecule has 1 aromatic carbocycles. The molecule has 0 fully saturated rings. The molecule has 0 heterocycles. The quantitative estimate of drug-likeness (QED) is 0.749. The molecule has 0 aliphatic carbocycles. The van der Waals surface area contributed by atoms with E-state index in [-0.39, 0.29) is 24.3 Å². The molecule has 116 valence electrons. The van der Waals surface area contributed by atoms with Gasteiger partial charge >= 0.3 is 5.97 Å². The molecular formula is C17H25NO3. The number of unbranched alkanes of at least 4 members (excludes halogenated alkanes) is 1. The number of carbonyl (C=O) groups is 2. The van der Waals surface area contributed by atoms with Gasteiger partial charge in [-0.2, -0.15) is 0 Å². The number of rotatable bonds is 8. The number of methoxy groups -OCH3 is 1. The maximum atomic E-state index is 11.9. The molecule has 0 saturated carbocycles. The van der Waals surface area contributed by atoms with Gasteiger partial charge in [-0.15, -0.1) is 0 Å². The minimum absolute atomic E-state index is 0.0762. The molecule has 1 unspecified atom stereocenters. The Morgan fingerprint density at radius 3 is 2.38 bits per heavy atom. The van der Waals surface area contributed by atoms with E-state index >= 15 is 0 Å². The van der Waals surface area contributed by atoms with Crippen molar-refractivity contribution >= 4 is 11.9 Å². The fourth-order valence-corrected chi connectivity index (χ4v) is 2.10. The lowest BCUT2D eigenvalue weighted by molar-refractivity contribution is -0.141. The third kappa shape index (κ3) is 6.93. The Kier molecular flexibility index (Phi) is 7.51. The molecule has 0 aliphatic rings. The Balaban J connectivity index is 2.42. The second-order valence-corrected chi connectivity index (χ2v) is 5.35. The molecule has 0 aliphatic heterocycles. The first-order chi connectivity index (χ1) is 10.0. The lowest BCUT2D eigenvalue weighted by Crippen LogP contribution is -2.35. The van der Waals surface area contributed by atoms with Crippen molar-refractivity contribution < 1.29 is 14.3 Å². The summed E-state index contributed by atoms with van der Waals surface area (Å²) >= 11 is 0. The van der Waals surface area contributed by atoms with Gasteiger partial charge in [0.25, 0.3) is 0 Å². The molecule has 1 aromatic rings. The van der Waals surface area contributed by atoms with Gasteiger partial charge in [-0.25, -0.2) is 0 Å². The molecule has 0 spiro atoms. The highest BCUT2D eigenvalue weighted by Gasteiger charge is 2.12. The van der Waals surface area contributed by atoms with Gasteiger partial charge in [0.05, 0.1) is 20.0 Å². The Bertz CT molecular complexity index is 454. The van der Waals surface area contributed by atoms with E-state index < -0.39 is 0 Å². The van der Waals surface area contributed by atoms with Gasteiger partial charge in [0.2, 0.25) is 5.91 Å². The van der Waals surface area contributed by atoms with Crippen LogP contribution in [-0.2, 0) is 27.2 Å². The molecule has 0 aromatic heterocycles. The topological polar surface area (TPSA) is 55.4 Å². The standard InChI is InChI=1S/C17H25NO3/c1-4-5-6-14-7-9-15(10-8-14)12-16(19)18-13(2)11-17(20)21-3/h7-10,13H,4-6,11-12H2,1-3H3,(H,18,19). The first-order valence-electron chi connectivity index (χ1n) is 7.49. The van der Waals surface area contributed by atoms with Crippen molar-refractivity contribution in [2.75, 3.05) is 7.11 Å². The molecule has 1 atom stereocenters. The molecule has 0 bridgehead atoms. The van der Waals surface area contributed by atoms with Gasteiger partial charge < -0.3 is 10.1 Å². The third-order valence-electron chi connectivity index (χ3n) is 3.31. The van der Waals surface area contributed by atoms with Crippen molar-refractivity contribution in [2.45, 2.75) is 52.0 Å². The van der Waals surface area contributed by atoms with Crippen LogP contribution in [0, 0.1) is 0 Å². The number of hydrogen-bond acceptors (Lipinski definition) is 3. The molecular weight excluding hydrogens is 266 g/mol. The predicted molar refractivity (Wildman–Crippen MR) is 83.0 cm³/mol. The Hall–Kier alpha value is -1.84. The third-order valence-corrected chi connectivity index (χ3v) is 3.31. The van der Waals surface area contributed by atoms with E-state index in [9.17, 15) is 9.59 Å². The van der Waals surface area contributed by atoms with Gasteiger partial charge in [-0.1, -0.05) is 37.6 Å². The van der Waals surface area contributed by atoms with Crippen molar-refractivity contribution in [1.82, 2.24) is 5.32 Å². The zero-order valence-corrected chi connectivity index (χ0v) is 13.1. The van der Waals surface area contributed by atoms with Gasteiger partial charge in [0.15, 0.2) is 0 Å². The number of carbonyl (C=O) groups excluding carboxylic acids is 2. The largest absolute Gasteiger partial charge is 0.469 e. The number of ether oxygens (including phenoxy) is 1. The second-order valence-electron chi connectivity index (χ2n) is 5.35. The minimum Gasteiger partial charge on any atom is -0.469 e. The fraction of sp³-hybridized carbons (Fsp3) is 0.529. The van der Waals surface area contributed by atoms with Crippen LogP contribution in [0.3, 0.4) is 0 Å². The fourth-order valence-electron chi connectivity index (χ4n) is 2.10. The maximum Gasteiger partial charge on any atom is 0.307 e. The van der Waals surface area contributed by atoms with Gasteiger partial charge in [0, 0.05) is 6.04 Å². The van der Waals surface area contributed by atoms with E-state index in [0.717, 1.165) is 12.0 Å². The highest BCUT2D eigenvalue weighted by molar-refractivity contribution is 5.79. The van der Waals surface area contributed by atoms with Gasteiger partial charge in [-0.3, -0.25) is 9.59 Å². The first-order valence-corrected chi connectivity index (χ1v) is 7.49. The average molecular weight is 291 g/mol. The van der Waals surface area contributed by atoms with Crippen molar-refractivity contribution in [3.8, 4) is 0 Å². The Morgan fingerprint density at radius 1 is 1.19 bits per heavy atom. The van der Waals surface area contributed by atoms with Crippen LogP contribution in [0.4, 0.5) is 0 Å². The summed E-state index contributed by atoms with van der Waals surface area (Å²) in [7, 11) is 1.34. The zero-order valence-electron chi connectivity index (χ0n) is 13.1. The van der Waals surface area contributed by atoms with Crippen molar-refractivity contribution in [3.05, 3.63) is 35.4 Å². The molecule has 0 saturated heterocycles. The smallest absolute Gasteiger partial charge is 0.307 e. The summed E-state index contributed by atoms with van der Waals surface area (Å²) in [5, 5.41) is 2.80. The summed E-state index contributed by atoms with van der Waals surface area (Å²) in [6, 6.07) is 7.94. The average Bonchev–Trinajstić information content (AvgIpc) is 2.46. The van der Waals surface area contributed by atoms with Crippen LogP contribution < -0.4 is 5.32 Å². The molecule has 1 rings (SSSR count). The lowest BCUT2D eigenvalue weighted by Gasteiger charge is -2.12. The van der Waals surface area contributed by atoms with Crippen LogP contribution >= 0.6 is 0 Å². The SMILES string of the molecule is CCCCc1ccc(CC(=O)NC(C)CC(=O)OC)cc1. The molecule has 21 heavy (non-hydrogen) atoms. The maximum absolute atomic E-state index is 11.9. The summed E-state index contributed by atoms with van der Waals surface area (Å²) in [5.74, 6) is -0.393. The molecule has 1 amide bonds.